The van der Waals surface area contributed by atoms with Crippen molar-refractivity contribution in [1.82, 2.24) is 0 Å². The van der Waals surface area contributed by atoms with Crippen LogP contribution in [0.1, 0.15) is 58.1 Å². The van der Waals surface area contributed by atoms with E-state index in [9.17, 15) is 19.2 Å². The number of methoxy groups -OCH3 is 1. The lowest BCUT2D eigenvalue weighted by atomic mass is 9.43. The fourth-order valence-electron chi connectivity index (χ4n) is 6.51. The molecule has 0 aromatic carbocycles. The monoisotopic (exact) mass is 461 g/mol. The van der Waals surface area contributed by atoms with Crippen LogP contribution in [-0.2, 0) is 33.4 Å². The minimum Gasteiger partial charge on any atom is -0.472 e. The summed E-state index contributed by atoms with van der Waals surface area (Å²) in [6.45, 7) is 5.30. The number of ketones is 1. The average Bonchev–Trinajstić information content (AvgIpc) is 3.29. The third kappa shape index (κ3) is 3.66. The number of esters is 3. The first-order valence-corrected chi connectivity index (χ1v) is 11.3. The molecule has 1 unspecified atom stereocenters. The van der Waals surface area contributed by atoms with Gasteiger partial charge in [0.1, 0.15) is 12.1 Å². The van der Waals surface area contributed by atoms with Crippen molar-refractivity contribution in [2.75, 3.05) is 7.11 Å². The van der Waals surface area contributed by atoms with Gasteiger partial charge in [-0.15, -0.1) is 0 Å². The van der Waals surface area contributed by atoms with Crippen molar-refractivity contribution < 1.29 is 37.8 Å². The Balaban J connectivity index is 1.78. The number of ether oxygens (including phenoxy) is 3. The first-order valence-electron chi connectivity index (χ1n) is 11.3. The van der Waals surface area contributed by atoms with Crippen LogP contribution in [0.25, 0.3) is 0 Å². The molecule has 180 valence electrons. The summed E-state index contributed by atoms with van der Waals surface area (Å²) in [6.07, 6.45) is 2.71. The van der Waals surface area contributed by atoms with E-state index >= 15 is 0 Å². The SMILES string of the molecule is COC(=O)[C@@H]1C[C@H](OC(=O)[C@H](C)N)C(=O)C2[C@@]1(C)CC[C@H]1C(=O)O[C@H](c3ccoc3)C[C@]21C. The third-order valence-electron chi connectivity index (χ3n) is 8.13. The molecule has 0 spiro atoms. The normalized spacial score (nSPS) is 39.0. The van der Waals surface area contributed by atoms with E-state index in [-0.39, 0.29) is 18.2 Å². The van der Waals surface area contributed by atoms with Crippen LogP contribution >= 0.6 is 0 Å². The van der Waals surface area contributed by atoms with Crippen molar-refractivity contribution in [1.29, 1.82) is 0 Å². The molecule has 1 aromatic rings. The maximum absolute atomic E-state index is 13.9. The van der Waals surface area contributed by atoms with Crippen LogP contribution in [0.5, 0.6) is 0 Å². The summed E-state index contributed by atoms with van der Waals surface area (Å²) >= 11 is 0. The molecule has 2 aliphatic carbocycles. The number of hydrogen-bond acceptors (Lipinski definition) is 9. The van der Waals surface area contributed by atoms with Gasteiger partial charge in [0.2, 0.25) is 0 Å². The number of hydrogen-bond donors (Lipinski definition) is 1. The molecule has 2 heterocycles. The van der Waals surface area contributed by atoms with Crippen molar-refractivity contribution >= 4 is 23.7 Å². The molecular weight excluding hydrogens is 430 g/mol. The van der Waals surface area contributed by atoms with Gasteiger partial charge in [-0.3, -0.25) is 19.2 Å². The molecule has 1 aliphatic heterocycles. The number of carbonyl (C=O) groups excluding carboxylic acids is 4. The zero-order chi connectivity index (χ0) is 24.1. The number of Topliss-reactive ketones (excluding diaryl/α,β-unsaturated/α-hetero) is 1. The summed E-state index contributed by atoms with van der Waals surface area (Å²) in [4.78, 5) is 52.1. The highest BCUT2D eigenvalue weighted by Gasteiger charge is 2.67. The zero-order valence-corrected chi connectivity index (χ0v) is 19.4. The van der Waals surface area contributed by atoms with Gasteiger partial charge < -0.3 is 24.4 Å². The van der Waals surface area contributed by atoms with Crippen molar-refractivity contribution in [3.63, 3.8) is 0 Å². The van der Waals surface area contributed by atoms with E-state index < -0.39 is 58.8 Å². The lowest BCUT2D eigenvalue weighted by Gasteiger charge is -2.61. The summed E-state index contributed by atoms with van der Waals surface area (Å²) in [6, 6.07) is 0.823. The Bertz CT molecular complexity index is 956. The highest BCUT2D eigenvalue weighted by atomic mass is 16.6. The fourth-order valence-corrected chi connectivity index (χ4v) is 6.51. The molecule has 9 heteroatoms. The first-order chi connectivity index (χ1) is 15.5. The average molecular weight is 462 g/mol. The van der Waals surface area contributed by atoms with E-state index in [4.69, 9.17) is 24.4 Å². The summed E-state index contributed by atoms with van der Waals surface area (Å²) in [7, 11) is 1.31. The van der Waals surface area contributed by atoms with Crippen molar-refractivity contribution in [3.8, 4) is 0 Å². The Hall–Kier alpha value is -2.68. The molecule has 3 fully saturated rings. The molecule has 1 saturated heterocycles. The lowest BCUT2D eigenvalue weighted by molar-refractivity contribution is -0.210. The standard InChI is InChI=1S/C24H31NO8/c1-12(25)20(27)32-16-9-15(21(28)30-4)23(2)7-5-14-22(29)33-17(13-6-8-31-11-13)10-24(14,3)19(23)18(16)26/h6,8,11-12,14-17,19H,5,7,9-10,25H2,1-4H3/t12-,14-,15-,16-,17-,19?,23-,24-/m0/s1. The molecule has 3 aliphatic rings. The molecule has 0 bridgehead atoms. The van der Waals surface area contributed by atoms with Crippen molar-refractivity contribution in [3.05, 3.63) is 24.2 Å². The van der Waals surface area contributed by atoms with Gasteiger partial charge >= 0.3 is 17.9 Å². The molecule has 2 saturated carbocycles. The van der Waals surface area contributed by atoms with Gasteiger partial charge in [0.25, 0.3) is 0 Å². The highest BCUT2D eigenvalue weighted by molar-refractivity contribution is 5.93. The van der Waals surface area contributed by atoms with Gasteiger partial charge in [-0.2, -0.15) is 0 Å². The molecule has 1 aromatic heterocycles. The van der Waals surface area contributed by atoms with Crippen molar-refractivity contribution in [2.24, 2.45) is 34.3 Å². The molecule has 0 amide bonds. The molecular formula is C24H31NO8. The summed E-state index contributed by atoms with van der Waals surface area (Å²) < 4.78 is 21.5. The lowest BCUT2D eigenvalue weighted by Crippen LogP contribution is -2.65. The van der Waals surface area contributed by atoms with E-state index in [0.717, 1.165) is 0 Å². The number of furan rings is 1. The van der Waals surface area contributed by atoms with Gasteiger partial charge in [0.15, 0.2) is 11.9 Å². The van der Waals surface area contributed by atoms with Crippen LogP contribution < -0.4 is 5.73 Å². The van der Waals surface area contributed by atoms with Crippen molar-refractivity contribution in [2.45, 2.75) is 64.7 Å². The van der Waals surface area contributed by atoms with Crippen LogP contribution in [0.3, 0.4) is 0 Å². The second kappa shape index (κ2) is 8.27. The highest BCUT2D eigenvalue weighted by Crippen LogP contribution is 2.65. The molecule has 0 radical (unpaired) electrons. The quantitative estimate of drug-likeness (QED) is 0.529. The van der Waals surface area contributed by atoms with Crippen LogP contribution in [0.4, 0.5) is 0 Å². The number of carbonyl (C=O) groups is 4. The second-order valence-corrected chi connectivity index (χ2v) is 10.2. The molecule has 8 atom stereocenters. The van der Waals surface area contributed by atoms with Crippen LogP contribution in [-0.4, -0.2) is 42.9 Å². The molecule has 33 heavy (non-hydrogen) atoms. The van der Waals surface area contributed by atoms with Crippen LogP contribution in [0, 0.1) is 28.6 Å². The molecule has 2 N–H and O–H groups in total. The Morgan fingerprint density at radius 3 is 2.58 bits per heavy atom. The van der Waals surface area contributed by atoms with Gasteiger partial charge in [-0.1, -0.05) is 13.8 Å². The Morgan fingerprint density at radius 2 is 1.97 bits per heavy atom. The first kappa shape index (κ1) is 23.5. The van der Waals surface area contributed by atoms with E-state index in [1.807, 2.05) is 13.8 Å². The Kier molecular flexibility index (Phi) is 5.88. The number of cyclic esters (lactones) is 1. The van der Waals surface area contributed by atoms with Crippen LogP contribution in [0.15, 0.2) is 23.0 Å². The van der Waals surface area contributed by atoms with E-state index in [2.05, 4.69) is 0 Å². The Labute approximate surface area is 192 Å². The maximum Gasteiger partial charge on any atom is 0.323 e. The summed E-state index contributed by atoms with van der Waals surface area (Å²) in [5.41, 5.74) is 4.79. The minimum atomic E-state index is -1.13. The number of fused-ring (bicyclic) bond motifs is 3. The topological polar surface area (TPSA) is 135 Å². The van der Waals surface area contributed by atoms with E-state index in [1.54, 1.807) is 6.07 Å². The van der Waals surface area contributed by atoms with E-state index in [0.29, 0.717) is 24.8 Å². The zero-order valence-electron chi connectivity index (χ0n) is 19.4. The van der Waals surface area contributed by atoms with Gasteiger partial charge in [-0.05, 0) is 43.1 Å². The predicted octanol–water partition coefficient (Wildman–Crippen LogP) is 2.33. The third-order valence-corrected chi connectivity index (χ3v) is 8.13. The number of nitrogens with two attached hydrogens (primary N) is 1. The van der Waals surface area contributed by atoms with Gasteiger partial charge in [0.05, 0.1) is 31.5 Å². The summed E-state index contributed by atoms with van der Waals surface area (Å²) in [5, 5.41) is 0. The largest absolute Gasteiger partial charge is 0.472 e. The number of rotatable bonds is 4. The fraction of sp³-hybridized carbons (Fsp3) is 0.667. The predicted molar refractivity (Wildman–Crippen MR) is 113 cm³/mol. The Morgan fingerprint density at radius 1 is 1.24 bits per heavy atom. The summed E-state index contributed by atoms with van der Waals surface area (Å²) in [5.74, 6) is -3.70. The molecule has 4 rings (SSSR count). The van der Waals surface area contributed by atoms with Crippen LogP contribution in [0.2, 0.25) is 0 Å². The maximum atomic E-state index is 13.9. The minimum absolute atomic E-state index is 0.0350. The van der Waals surface area contributed by atoms with Gasteiger partial charge in [-0.25, -0.2) is 0 Å². The smallest absolute Gasteiger partial charge is 0.323 e. The van der Waals surface area contributed by atoms with Gasteiger partial charge in [0, 0.05) is 17.9 Å². The molecule has 9 nitrogen and oxygen atoms in total. The van der Waals surface area contributed by atoms with E-state index in [1.165, 1.54) is 26.6 Å². The second-order valence-electron chi connectivity index (χ2n) is 10.2.